The van der Waals surface area contributed by atoms with Crippen molar-refractivity contribution in [2.45, 2.75) is 19.5 Å². The van der Waals surface area contributed by atoms with Crippen LogP contribution in [-0.4, -0.2) is 0 Å². The van der Waals surface area contributed by atoms with Crippen LogP contribution in [0.3, 0.4) is 0 Å². The summed E-state index contributed by atoms with van der Waals surface area (Å²) in [6.07, 6.45) is 0. The summed E-state index contributed by atoms with van der Waals surface area (Å²) in [6.45, 7) is 3.08. The number of nitrogens with one attached hydrogen (secondary N) is 1. The van der Waals surface area contributed by atoms with Crippen LogP contribution in [0.1, 0.15) is 24.1 Å². The van der Waals surface area contributed by atoms with Gasteiger partial charge in [-0.3, -0.25) is 0 Å². The average molecular weight is 311 g/mol. The molecule has 0 amide bonds. The number of benzene rings is 4. The number of fused-ring (bicyclic) bond motifs is 2. The molecular weight excluding hydrogens is 290 g/mol. The minimum atomic E-state index is 0.323. The third-order valence-electron chi connectivity index (χ3n) is 4.77. The molecule has 0 aliphatic carbocycles. The molecule has 1 N–H and O–H groups in total. The maximum atomic E-state index is 3.70. The van der Waals surface area contributed by atoms with Crippen LogP contribution in [0.5, 0.6) is 0 Å². The van der Waals surface area contributed by atoms with Crippen LogP contribution >= 0.6 is 0 Å². The summed E-state index contributed by atoms with van der Waals surface area (Å²) >= 11 is 0. The monoisotopic (exact) mass is 311 g/mol. The smallest absolute Gasteiger partial charge is 0.0294 e. The second-order valence-electron chi connectivity index (χ2n) is 6.31. The van der Waals surface area contributed by atoms with Gasteiger partial charge in [-0.05, 0) is 45.7 Å². The van der Waals surface area contributed by atoms with Gasteiger partial charge >= 0.3 is 0 Å². The van der Waals surface area contributed by atoms with E-state index in [-0.39, 0.29) is 0 Å². The molecule has 0 saturated carbocycles. The van der Waals surface area contributed by atoms with Crippen LogP contribution in [0.4, 0.5) is 0 Å². The Balaban J connectivity index is 1.74. The lowest BCUT2D eigenvalue weighted by Gasteiger charge is -2.17. The van der Waals surface area contributed by atoms with Gasteiger partial charge in [-0.25, -0.2) is 0 Å². The van der Waals surface area contributed by atoms with E-state index in [1.165, 1.54) is 32.7 Å². The van der Waals surface area contributed by atoms with E-state index in [0.717, 1.165) is 6.54 Å². The van der Waals surface area contributed by atoms with Crippen LogP contribution < -0.4 is 5.32 Å². The molecule has 0 unspecified atom stereocenters. The Morgan fingerprint density at radius 1 is 0.708 bits per heavy atom. The van der Waals surface area contributed by atoms with Crippen molar-refractivity contribution in [2.75, 3.05) is 0 Å². The molecule has 1 atom stereocenters. The molecule has 24 heavy (non-hydrogen) atoms. The first-order valence-corrected chi connectivity index (χ1v) is 8.50. The maximum absolute atomic E-state index is 3.70. The molecule has 0 spiro atoms. The predicted molar refractivity (Wildman–Crippen MR) is 103 cm³/mol. The molecule has 0 saturated heterocycles. The zero-order chi connectivity index (χ0) is 16.4. The van der Waals surface area contributed by atoms with Crippen LogP contribution in [0.2, 0.25) is 0 Å². The quantitative estimate of drug-likeness (QED) is 0.467. The van der Waals surface area contributed by atoms with Gasteiger partial charge in [0.25, 0.3) is 0 Å². The molecule has 0 heterocycles. The molecule has 0 fully saturated rings. The lowest BCUT2D eigenvalue weighted by atomic mass is 9.96. The summed E-state index contributed by atoms with van der Waals surface area (Å²) in [4.78, 5) is 0. The number of hydrogen-bond acceptors (Lipinski definition) is 1. The van der Waals surface area contributed by atoms with E-state index in [9.17, 15) is 0 Å². The van der Waals surface area contributed by atoms with Crippen molar-refractivity contribution in [1.82, 2.24) is 5.32 Å². The van der Waals surface area contributed by atoms with Gasteiger partial charge in [0, 0.05) is 12.6 Å². The SMILES string of the molecule is C[C@@H](NCc1c2ccccc2cc2ccccc12)c1ccccc1. The topological polar surface area (TPSA) is 12.0 Å². The lowest BCUT2D eigenvalue weighted by Crippen LogP contribution is -2.18. The summed E-state index contributed by atoms with van der Waals surface area (Å²) in [5, 5.41) is 8.99. The van der Waals surface area contributed by atoms with Gasteiger partial charge in [0.1, 0.15) is 0 Å². The molecule has 1 nitrogen and oxygen atoms in total. The third kappa shape index (κ3) is 2.79. The highest BCUT2D eigenvalue weighted by atomic mass is 14.9. The Labute approximate surface area is 142 Å². The summed E-state index contributed by atoms with van der Waals surface area (Å²) in [5.74, 6) is 0. The Morgan fingerprint density at radius 3 is 1.88 bits per heavy atom. The summed E-state index contributed by atoms with van der Waals surface area (Å²) in [5.41, 5.74) is 2.70. The Hall–Kier alpha value is -2.64. The molecular formula is C23H21N. The molecule has 0 aliphatic rings. The third-order valence-corrected chi connectivity index (χ3v) is 4.77. The van der Waals surface area contributed by atoms with E-state index in [0.29, 0.717) is 6.04 Å². The Kier molecular flexibility index (Phi) is 4.02. The normalized spacial score (nSPS) is 12.5. The molecule has 0 aromatic heterocycles. The molecule has 0 aliphatic heterocycles. The van der Waals surface area contributed by atoms with Crippen molar-refractivity contribution in [1.29, 1.82) is 0 Å². The largest absolute Gasteiger partial charge is 0.306 e. The minimum absolute atomic E-state index is 0.323. The predicted octanol–water partition coefficient (Wildman–Crippen LogP) is 5.84. The van der Waals surface area contributed by atoms with Crippen molar-refractivity contribution >= 4 is 21.5 Å². The molecule has 118 valence electrons. The first-order valence-electron chi connectivity index (χ1n) is 8.50. The highest BCUT2D eigenvalue weighted by molar-refractivity contribution is 6.02. The zero-order valence-corrected chi connectivity index (χ0v) is 13.9. The van der Waals surface area contributed by atoms with Crippen LogP contribution in [0.25, 0.3) is 21.5 Å². The van der Waals surface area contributed by atoms with Crippen LogP contribution in [-0.2, 0) is 6.54 Å². The zero-order valence-electron chi connectivity index (χ0n) is 13.9. The van der Waals surface area contributed by atoms with E-state index < -0.39 is 0 Å². The first-order chi connectivity index (χ1) is 11.8. The van der Waals surface area contributed by atoms with Gasteiger partial charge in [-0.15, -0.1) is 0 Å². The second kappa shape index (κ2) is 6.46. The second-order valence-corrected chi connectivity index (χ2v) is 6.31. The van der Waals surface area contributed by atoms with Gasteiger partial charge in [0.05, 0.1) is 0 Å². The fraction of sp³-hybridized carbons (Fsp3) is 0.130. The van der Waals surface area contributed by atoms with Crippen molar-refractivity contribution in [3.63, 3.8) is 0 Å². The maximum Gasteiger partial charge on any atom is 0.0294 e. The number of rotatable bonds is 4. The van der Waals surface area contributed by atoms with Crippen molar-refractivity contribution in [3.05, 3.63) is 96.1 Å². The van der Waals surface area contributed by atoms with Crippen LogP contribution in [0, 0.1) is 0 Å². The van der Waals surface area contributed by atoms with Gasteiger partial charge in [-0.1, -0.05) is 78.9 Å². The van der Waals surface area contributed by atoms with Gasteiger partial charge < -0.3 is 5.32 Å². The van der Waals surface area contributed by atoms with E-state index in [4.69, 9.17) is 0 Å². The number of hydrogen-bond donors (Lipinski definition) is 1. The van der Waals surface area contributed by atoms with E-state index in [1.807, 2.05) is 0 Å². The van der Waals surface area contributed by atoms with Gasteiger partial charge in [0.2, 0.25) is 0 Å². The van der Waals surface area contributed by atoms with Crippen molar-refractivity contribution < 1.29 is 0 Å². The summed E-state index contributed by atoms with van der Waals surface area (Å²) in [7, 11) is 0. The molecule has 4 aromatic rings. The summed E-state index contributed by atoms with van der Waals surface area (Å²) < 4.78 is 0. The van der Waals surface area contributed by atoms with E-state index >= 15 is 0 Å². The summed E-state index contributed by atoms with van der Waals surface area (Å²) in [6, 6.07) is 30.6. The standard InChI is InChI=1S/C23H21N/c1-17(18-9-3-2-4-10-18)24-16-23-21-13-7-5-11-19(21)15-20-12-6-8-14-22(20)23/h2-15,17,24H,16H2,1H3/t17-/m1/s1. The van der Waals surface area contributed by atoms with Gasteiger partial charge in [0.15, 0.2) is 0 Å². The van der Waals surface area contributed by atoms with Crippen molar-refractivity contribution in [2.24, 2.45) is 0 Å². The molecule has 0 bridgehead atoms. The lowest BCUT2D eigenvalue weighted by molar-refractivity contribution is 0.578. The van der Waals surface area contributed by atoms with Crippen molar-refractivity contribution in [3.8, 4) is 0 Å². The first kappa shape index (κ1) is 14.9. The molecule has 0 radical (unpaired) electrons. The van der Waals surface area contributed by atoms with E-state index in [1.54, 1.807) is 0 Å². The minimum Gasteiger partial charge on any atom is -0.306 e. The average Bonchev–Trinajstić information content (AvgIpc) is 2.65. The fourth-order valence-corrected chi connectivity index (χ4v) is 3.41. The van der Waals surface area contributed by atoms with Gasteiger partial charge in [-0.2, -0.15) is 0 Å². The highest BCUT2D eigenvalue weighted by Gasteiger charge is 2.09. The van der Waals surface area contributed by atoms with E-state index in [2.05, 4.69) is 97.2 Å². The molecule has 1 heteroatoms. The Morgan fingerprint density at radius 2 is 1.25 bits per heavy atom. The molecule has 4 aromatic carbocycles. The molecule has 4 rings (SSSR count). The van der Waals surface area contributed by atoms with Crippen LogP contribution in [0.15, 0.2) is 84.9 Å². The highest BCUT2D eigenvalue weighted by Crippen LogP contribution is 2.29. The Bertz CT molecular complexity index is 919. The fourth-order valence-electron chi connectivity index (χ4n) is 3.41.